The van der Waals surface area contributed by atoms with Crippen molar-refractivity contribution in [2.45, 2.75) is 196 Å². The van der Waals surface area contributed by atoms with E-state index >= 15 is 0 Å². The maximum absolute atomic E-state index is 11.6. The van der Waals surface area contributed by atoms with E-state index in [2.05, 4.69) is 26.8 Å². The molecule has 0 radical (unpaired) electrons. The highest BCUT2D eigenvalue weighted by atomic mass is 16.8. The van der Waals surface area contributed by atoms with E-state index in [0.29, 0.717) is 43.1 Å². The Morgan fingerprint density at radius 3 is 2.13 bits per heavy atom. The third kappa shape index (κ3) is 7.90. The Balaban J connectivity index is 0.899. The van der Waals surface area contributed by atoms with E-state index in [1.807, 2.05) is 0 Å². The molecule has 5 heterocycles. The summed E-state index contributed by atoms with van der Waals surface area (Å²) < 4.78 is 49.3. The van der Waals surface area contributed by atoms with Gasteiger partial charge in [-0.05, 0) is 92.8 Å². The second-order valence-electron chi connectivity index (χ2n) is 21.1. The van der Waals surface area contributed by atoms with Crippen LogP contribution in [0.15, 0.2) is 11.6 Å². The molecule has 0 aromatic rings. The van der Waals surface area contributed by atoms with Crippen LogP contribution in [-0.4, -0.2) is 188 Å². The normalized spacial score (nSPS) is 56.9. The minimum atomic E-state index is -1.71. The first-order valence-corrected chi connectivity index (χ1v) is 23.5. The first kappa shape index (κ1) is 47.1. The molecule has 26 atom stereocenters. The molecule has 3 saturated carbocycles. The fraction of sp³-hybridized carbons (Fsp3) is 0.956. The Hall–Kier alpha value is -0.980. The van der Waals surface area contributed by atoms with Gasteiger partial charge >= 0.3 is 0 Å². The number of rotatable bonds is 9. The van der Waals surface area contributed by atoms with E-state index < -0.39 is 117 Å². The molecule has 63 heavy (non-hydrogen) atoms. The summed E-state index contributed by atoms with van der Waals surface area (Å²) in [6, 6.07) is 0. The maximum atomic E-state index is 11.6. The van der Waals surface area contributed by atoms with Crippen LogP contribution in [-0.2, 0) is 37.9 Å². The molecule has 1 spiro atoms. The Kier molecular flexibility index (Phi) is 13.3. The summed E-state index contributed by atoms with van der Waals surface area (Å²) in [5, 5.41) is 105. The summed E-state index contributed by atoms with van der Waals surface area (Å²) in [5.74, 6) is 1.81. The predicted molar refractivity (Wildman–Crippen MR) is 216 cm³/mol. The van der Waals surface area contributed by atoms with Gasteiger partial charge in [0.1, 0.15) is 67.1 Å². The fourth-order valence-electron chi connectivity index (χ4n) is 14.0. The minimum Gasteiger partial charge on any atom is -0.396 e. The monoisotopic (exact) mass is 900 g/mol. The van der Waals surface area contributed by atoms with Crippen LogP contribution >= 0.6 is 0 Å². The van der Waals surface area contributed by atoms with Gasteiger partial charge in [-0.3, -0.25) is 0 Å². The van der Waals surface area contributed by atoms with Crippen LogP contribution in [0.3, 0.4) is 0 Å². The third-order valence-corrected chi connectivity index (χ3v) is 17.8. The number of allylic oxidation sites excluding steroid dienone is 1. The van der Waals surface area contributed by atoms with Crippen LogP contribution in [0.25, 0.3) is 0 Å². The molecule has 5 saturated heterocycles. The first-order chi connectivity index (χ1) is 29.9. The van der Waals surface area contributed by atoms with Crippen molar-refractivity contribution in [3.8, 4) is 0 Å². The van der Waals surface area contributed by atoms with Gasteiger partial charge in [-0.2, -0.15) is 0 Å². The Morgan fingerprint density at radius 2 is 1.41 bits per heavy atom. The summed E-state index contributed by atoms with van der Waals surface area (Å²) in [6.07, 6.45) is -12.3. The molecule has 360 valence electrons. The average Bonchev–Trinajstić information content (AvgIpc) is 3.72. The van der Waals surface area contributed by atoms with Crippen LogP contribution in [0.4, 0.5) is 0 Å². The molecule has 9 rings (SSSR count). The van der Waals surface area contributed by atoms with Gasteiger partial charge in [0.2, 0.25) is 0 Å². The van der Waals surface area contributed by atoms with Crippen LogP contribution < -0.4 is 0 Å². The number of ether oxygens (including phenoxy) is 8. The van der Waals surface area contributed by atoms with E-state index in [4.69, 9.17) is 37.9 Å². The Bertz CT molecular complexity index is 1630. The topological polar surface area (TPSA) is 276 Å². The third-order valence-electron chi connectivity index (χ3n) is 17.8. The molecular formula is C45H72O18. The number of aliphatic hydroxyl groups excluding tert-OH is 10. The lowest BCUT2D eigenvalue weighted by Crippen LogP contribution is -2.65. The molecule has 0 aromatic carbocycles. The van der Waals surface area contributed by atoms with Gasteiger partial charge in [0, 0.05) is 24.9 Å². The van der Waals surface area contributed by atoms with Crippen molar-refractivity contribution in [1.82, 2.24) is 0 Å². The van der Waals surface area contributed by atoms with E-state index in [0.717, 1.165) is 44.9 Å². The second-order valence-corrected chi connectivity index (χ2v) is 21.1. The van der Waals surface area contributed by atoms with Gasteiger partial charge in [0.15, 0.2) is 24.7 Å². The molecule has 8 fully saturated rings. The SMILES string of the molecule is C[C@@H]1O[C@@H](O[C@H]2[C@H](O[C@H]3CC[C@@]4(C)C(=CC[C@H]5[C@@H]6C[C@@H]7O[C@]8(CC[C@@H](CO)CO8)[C@@H](C)[C@@H]7[C@@]6(C)CC[C@@H]54)C3)O[C@H](CO[C@@H]3O[C@H](CO)[C@@H](O)[C@H](O)[C@H]3O)[C@@H](O)[C@@H]2O)[C@H](O)[C@H](O)[C@H]1O. The Morgan fingerprint density at radius 1 is 0.698 bits per heavy atom. The Labute approximate surface area is 368 Å². The summed E-state index contributed by atoms with van der Waals surface area (Å²) in [5.41, 5.74) is 1.39. The zero-order chi connectivity index (χ0) is 44.9. The lowest BCUT2D eigenvalue weighted by molar-refractivity contribution is -0.375. The summed E-state index contributed by atoms with van der Waals surface area (Å²) in [6.45, 7) is 8.24. The van der Waals surface area contributed by atoms with Crippen LogP contribution in [0.5, 0.6) is 0 Å². The fourth-order valence-corrected chi connectivity index (χ4v) is 14.0. The van der Waals surface area contributed by atoms with E-state index in [1.165, 1.54) is 12.5 Å². The van der Waals surface area contributed by atoms with Crippen LogP contribution in [0.2, 0.25) is 0 Å². The lowest BCUT2D eigenvalue weighted by Gasteiger charge is -2.58. The number of hydrogen-bond acceptors (Lipinski definition) is 18. The predicted octanol–water partition coefficient (Wildman–Crippen LogP) is -0.813. The highest BCUT2D eigenvalue weighted by molar-refractivity contribution is 5.26. The van der Waals surface area contributed by atoms with Crippen LogP contribution in [0.1, 0.15) is 85.5 Å². The molecule has 5 aliphatic heterocycles. The molecule has 18 heteroatoms. The smallest absolute Gasteiger partial charge is 0.187 e. The first-order valence-electron chi connectivity index (χ1n) is 23.5. The van der Waals surface area contributed by atoms with Crippen molar-refractivity contribution in [3.63, 3.8) is 0 Å². The zero-order valence-corrected chi connectivity index (χ0v) is 36.8. The van der Waals surface area contributed by atoms with Crippen molar-refractivity contribution >= 4 is 0 Å². The molecule has 0 unspecified atom stereocenters. The maximum Gasteiger partial charge on any atom is 0.187 e. The van der Waals surface area contributed by atoms with Crippen LogP contribution in [0, 0.1) is 46.3 Å². The van der Waals surface area contributed by atoms with E-state index in [-0.39, 0.29) is 35.4 Å². The van der Waals surface area contributed by atoms with E-state index in [1.54, 1.807) is 0 Å². The number of hydrogen-bond donors (Lipinski definition) is 10. The lowest BCUT2D eigenvalue weighted by atomic mass is 9.47. The molecule has 10 N–H and O–H groups in total. The summed E-state index contributed by atoms with van der Waals surface area (Å²) >= 11 is 0. The van der Waals surface area contributed by atoms with Gasteiger partial charge < -0.3 is 89.0 Å². The second kappa shape index (κ2) is 17.8. The standard InChI is InChI=1S/C45H72O18/c1-19-30-27(63-45(19)12-7-21(15-46)17-57-45)14-26-24-6-5-22-13-23(8-10-43(22,3)25(24)9-11-44(26,30)4)59-42-39(62-41-38(55)34(51)31(48)20(2)58-41)36(53)33(50)29(61-42)18-56-40-37(54)35(52)32(49)28(16-47)60-40/h5,19-21,23-42,46-55H,6-18H2,1-4H3/t19-,20-,21-,23-,24+,25-,26-,27-,28+,29+,30-,31-,32+,33+,34+,35-,36-,37+,38+,39+,40+,41-,42+,43-,44-,45+/m0/s1. The molecule has 0 amide bonds. The summed E-state index contributed by atoms with van der Waals surface area (Å²) in [4.78, 5) is 0. The summed E-state index contributed by atoms with van der Waals surface area (Å²) in [7, 11) is 0. The van der Waals surface area contributed by atoms with Gasteiger partial charge in [0.05, 0.1) is 38.1 Å². The molecule has 18 nitrogen and oxygen atoms in total. The molecule has 0 aromatic heterocycles. The molecule has 4 aliphatic carbocycles. The van der Waals surface area contributed by atoms with Crippen molar-refractivity contribution in [1.29, 1.82) is 0 Å². The van der Waals surface area contributed by atoms with Gasteiger partial charge in [-0.25, -0.2) is 0 Å². The van der Waals surface area contributed by atoms with Gasteiger partial charge in [-0.15, -0.1) is 0 Å². The van der Waals surface area contributed by atoms with Crippen molar-refractivity contribution in [2.75, 3.05) is 26.4 Å². The molecule has 0 bridgehead atoms. The number of aliphatic hydroxyl groups is 10. The average molecular weight is 901 g/mol. The van der Waals surface area contributed by atoms with Crippen molar-refractivity contribution in [2.24, 2.45) is 46.3 Å². The van der Waals surface area contributed by atoms with Crippen molar-refractivity contribution < 1.29 is 89.0 Å². The van der Waals surface area contributed by atoms with Gasteiger partial charge in [-0.1, -0.05) is 32.4 Å². The molecular weight excluding hydrogens is 828 g/mol. The minimum absolute atomic E-state index is 0.0603. The molecule has 9 aliphatic rings. The highest BCUT2D eigenvalue weighted by Crippen LogP contribution is 2.70. The number of fused-ring (bicyclic) bond motifs is 7. The quantitative estimate of drug-likeness (QED) is 0.127. The van der Waals surface area contributed by atoms with E-state index in [9.17, 15) is 51.1 Å². The highest BCUT2D eigenvalue weighted by Gasteiger charge is 2.69. The van der Waals surface area contributed by atoms with Crippen molar-refractivity contribution in [3.05, 3.63) is 11.6 Å². The zero-order valence-electron chi connectivity index (χ0n) is 36.8. The van der Waals surface area contributed by atoms with Gasteiger partial charge in [0.25, 0.3) is 0 Å². The largest absolute Gasteiger partial charge is 0.396 e.